The van der Waals surface area contributed by atoms with E-state index in [4.69, 9.17) is 14.5 Å². The fraction of sp³-hybridized carbons (Fsp3) is 0.615. The molecule has 2 aromatic rings. The van der Waals surface area contributed by atoms with Gasteiger partial charge in [-0.2, -0.15) is 0 Å². The van der Waals surface area contributed by atoms with Crippen molar-refractivity contribution in [1.82, 2.24) is 19.8 Å². The molecule has 0 aromatic carbocycles. The number of fused-ring (bicyclic) bond motifs is 1. The van der Waals surface area contributed by atoms with E-state index in [-0.39, 0.29) is 30.1 Å². The SMILES string of the molecule is Cc1cn(C2CCC3(CC2)CN(C(=O)OC(C)(C)C)CCO3)c2ncc(N3CCC(=O)NC3=O)cc12. The predicted octanol–water partition coefficient (Wildman–Crippen LogP) is 3.91. The van der Waals surface area contributed by atoms with Crippen molar-refractivity contribution in [2.24, 2.45) is 0 Å². The molecule has 0 unspecified atom stereocenters. The van der Waals surface area contributed by atoms with E-state index in [2.05, 4.69) is 23.0 Å². The number of urea groups is 1. The van der Waals surface area contributed by atoms with Crippen molar-refractivity contribution in [3.8, 4) is 0 Å². The smallest absolute Gasteiger partial charge is 0.410 e. The molecule has 1 spiro atoms. The number of aromatic nitrogens is 2. The summed E-state index contributed by atoms with van der Waals surface area (Å²) in [7, 11) is 0. The van der Waals surface area contributed by atoms with Crippen LogP contribution < -0.4 is 10.2 Å². The number of rotatable bonds is 2. The van der Waals surface area contributed by atoms with Crippen LogP contribution in [-0.4, -0.2) is 69.9 Å². The molecule has 10 nitrogen and oxygen atoms in total. The number of nitrogens with one attached hydrogen (secondary N) is 1. The molecule has 0 bridgehead atoms. The molecular weight excluding hydrogens is 462 g/mol. The number of pyridine rings is 1. The third-order valence-corrected chi connectivity index (χ3v) is 7.38. The van der Waals surface area contributed by atoms with Crippen LogP contribution in [0.2, 0.25) is 0 Å². The summed E-state index contributed by atoms with van der Waals surface area (Å²) in [5, 5.41) is 3.37. The molecule has 0 atom stereocenters. The molecular formula is C26H35N5O5. The molecule has 0 radical (unpaired) electrons. The monoisotopic (exact) mass is 497 g/mol. The second-order valence-electron chi connectivity index (χ2n) is 11.2. The highest BCUT2D eigenvalue weighted by molar-refractivity contribution is 6.06. The molecule has 3 aliphatic rings. The molecule has 36 heavy (non-hydrogen) atoms. The first-order valence-electron chi connectivity index (χ1n) is 12.7. The van der Waals surface area contributed by atoms with Crippen molar-refractivity contribution in [3.63, 3.8) is 0 Å². The molecule has 2 saturated heterocycles. The minimum atomic E-state index is -0.518. The van der Waals surface area contributed by atoms with Crippen molar-refractivity contribution < 1.29 is 23.9 Å². The zero-order valence-electron chi connectivity index (χ0n) is 21.5. The van der Waals surface area contributed by atoms with Crippen LogP contribution in [0.25, 0.3) is 11.0 Å². The van der Waals surface area contributed by atoms with Crippen molar-refractivity contribution in [2.45, 2.75) is 77.0 Å². The maximum atomic E-state index is 12.6. The number of hydrogen-bond donors (Lipinski definition) is 1. The number of carbonyl (C=O) groups excluding carboxylic acids is 3. The van der Waals surface area contributed by atoms with E-state index in [1.54, 1.807) is 16.0 Å². The van der Waals surface area contributed by atoms with Crippen LogP contribution in [0.4, 0.5) is 15.3 Å². The Morgan fingerprint density at radius 2 is 1.97 bits per heavy atom. The van der Waals surface area contributed by atoms with Gasteiger partial charge in [-0.15, -0.1) is 0 Å². The Kier molecular flexibility index (Phi) is 6.18. The van der Waals surface area contributed by atoms with Crippen molar-refractivity contribution in [3.05, 3.63) is 24.0 Å². The Hall–Kier alpha value is -3.14. The van der Waals surface area contributed by atoms with Gasteiger partial charge in [-0.25, -0.2) is 14.6 Å². The average molecular weight is 498 g/mol. The highest BCUT2D eigenvalue weighted by Gasteiger charge is 2.43. The number of anilines is 1. The van der Waals surface area contributed by atoms with Gasteiger partial charge in [-0.05, 0) is 65.0 Å². The van der Waals surface area contributed by atoms with Gasteiger partial charge in [0.15, 0.2) is 0 Å². The van der Waals surface area contributed by atoms with E-state index in [0.717, 1.165) is 42.3 Å². The predicted molar refractivity (Wildman–Crippen MR) is 134 cm³/mol. The van der Waals surface area contributed by atoms with E-state index in [1.165, 1.54) is 0 Å². The molecule has 4 heterocycles. The van der Waals surface area contributed by atoms with Crippen LogP contribution in [0.1, 0.15) is 64.5 Å². The lowest BCUT2D eigenvalue weighted by molar-refractivity contribution is -0.129. The third-order valence-electron chi connectivity index (χ3n) is 7.38. The quantitative estimate of drug-likeness (QED) is 0.674. The van der Waals surface area contributed by atoms with E-state index < -0.39 is 11.6 Å². The number of amides is 4. The van der Waals surface area contributed by atoms with Gasteiger partial charge in [0.05, 0.1) is 30.6 Å². The molecule has 10 heteroatoms. The minimum absolute atomic E-state index is 0.251. The molecule has 1 aliphatic carbocycles. The van der Waals surface area contributed by atoms with Gasteiger partial charge in [-0.1, -0.05) is 0 Å². The molecule has 194 valence electrons. The van der Waals surface area contributed by atoms with Crippen molar-refractivity contribution in [2.75, 3.05) is 31.1 Å². The minimum Gasteiger partial charge on any atom is -0.444 e. The molecule has 2 aromatic heterocycles. The summed E-state index contributed by atoms with van der Waals surface area (Å²) in [5.41, 5.74) is 1.83. The standard InChI is InChI=1S/C26H35N5O5/c1-17-15-31(22-20(17)13-19(14-27-22)30-10-7-21(32)28-23(30)33)18-5-8-26(9-6-18)16-29(11-12-35-26)24(34)36-25(2,3)4/h13-15,18H,5-12,16H2,1-4H3,(H,28,32,33). The highest BCUT2D eigenvalue weighted by atomic mass is 16.6. The Bertz CT molecular complexity index is 1190. The number of morpholine rings is 1. The van der Waals surface area contributed by atoms with Gasteiger partial charge >= 0.3 is 12.1 Å². The van der Waals surface area contributed by atoms with Crippen molar-refractivity contribution in [1.29, 1.82) is 0 Å². The summed E-state index contributed by atoms with van der Waals surface area (Å²) < 4.78 is 14.1. The maximum Gasteiger partial charge on any atom is 0.410 e. The molecule has 4 amide bonds. The summed E-state index contributed by atoms with van der Waals surface area (Å²) in [6.45, 7) is 9.69. The molecule has 3 fully saturated rings. The van der Waals surface area contributed by atoms with Crippen LogP contribution in [0.3, 0.4) is 0 Å². The Morgan fingerprint density at radius 3 is 2.67 bits per heavy atom. The molecule has 1 N–H and O–H groups in total. The summed E-state index contributed by atoms with van der Waals surface area (Å²) in [5.74, 6) is -0.251. The maximum absolute atomic E-state index is 12.6. The fourth-order valence-electron chi connectivity index (χ4n) is 5.55. The first-order chi connectivity index (χ1) is 17.0. The Morgan fingerprint density at radius 1 is 1.22 bits per heavy atom. The summed E-state index contributed by atoms with van der Waals surface area (Å²) in [6.07, 6.45) is 7.41. The normalized spacial score (nSPS) is 25.4. The number of carbonyl (C=O) groups is 3. The van der Waals surface area contributed by atoms with Crippen molar-refractivity contribution >= 4 is 34.8 Å². The largest absolute Gasteiger partial charge is 0.444 e. The zero-order valence-corrected chi connectivity index (χ0v) is 21.5. The zero-order chi connectivity index (χ0) is 25.7. The molecule has 5 rings (SSSR count). The number of hydrogen-bond acceptors (Lipinski definition) is 6. The summed E-state index contributed by atoms with van der Waals surface area (Å²) in [4.78, 5) is 44.5. The lowest BCUT2D eigenvalue weighted by Gasteiger charge is -2.46. The van der Waals surface area contributed by atoms with Gasteiger partial charge in [0.1, 0.15) is 11.2 Å². The first kappa shape index (κ1) is 24.5. The van der Waals surface area contributed by atoms with Crippen LogP contribution in [0.15, 0.2) is 18.5 Å². The van der Waals surface area contributed by atoms with Crippen LogP contribution >= 0.6 is 0 Å². The van der Waals surface area contributed by atoms with Gasteiger partial charge in [0, 0.05) is 37.1 Å². The van der Waals surface area contributed by atoms with Gasteiger partial charge in [0.2, 0.25) is 5.91 Å². The lowest BCUT2D eigenvalue weighted by atomic mass is 9.81. The van der Waals surface area contributed by atoms with E-state index in [0.29, 0.717) is 31.9 Å². The van der Waals surface area contributed by atoms with Gasteiger partial charge < -0.3 is 18.9 Å². The fourth-order valence-corrected chi connectivity index (χ4v) is 5.55. The number of ether oxygens (including phenoxy) is 2. The van der Waals surface area contributed by atoms with Gasteiger partial charge in [-0.3, -0.25) is 15.0 Å². The number of nitrogens with zero attached hydrogens (tertiary/aromatic N) is 4. The second-order valence-corrected chi connectivity index (χ2v) is 11.2. The molecule has 1 saturated carbocycles. The van der Waals surface area contributed by atoms with Crippen LogP contribution in [0.5, 0.6) is 0 Å². The lowest BCUT2D eigenvalue weighted by Crippen LogP contribution is -2.55. The second kappa shape index (κ2) is 9.06. The van der Waals surface area contributed by atoms with Crippen LogP contribution in [-0.2, 0) is 14.3 Å². The van der Waals surface area contributed by atoms with E-state index in [1.807, 2.05) is 26.8 Å². The third kappa shape index (κ3) is 4.78. The highest BCUT2D eigenvalue weighted by Crippen LogP contribution is 2.41. The first-order valence-corrected chi connectivity index (χ1v) is 12.7. The number of imide groups is 1. The van der Waals surface area contributed by atoms with E-state index >= 15 is 0 Å². The Labute approximate surface area is 210 Å². The van der Waals surface area contributed by atoms with Gasteiger partial charge in [0.25, 0.3) is 0 Å². The van der Waals surface area contributed by atoms with Crippen LogP contribution in [0, 0.1) is 6.92 Å². The summed E-state index contributed by atoms with van der Waals surface area (Å²) >= 11 is 0. The summed E-state index contributed by atoms with van der Waals surface area (Å²) in [6, 6.07) is 1.85. The number of aryl methyl sites for hydroxylation is 1. The average Bonchev–Trinajstić information content (AvgIpc) is 3.14. The Balaban J connectivity index is 1.29. The molecule has 2 aliphatic heterocycles. The topological polar surface area (TPSA) is 106 Å². The van der Waals surface area contributed by atoms with E-state index in [9.17, 15) is 14.4 Å².